The molecule has 0 saturated carbocycles. The summed E-state index contributed by atoms with van der Waals surface area (Å²) < 4.78 is 0. The molecule has 0 N–H and O–H groups in total. The van der Waals surface area contributed by atoms with Gasteiger partial charge in [0.1, 0.15) is 0 Å². The average molecular weight is 220 g/mol. The number of hydrogen-bond donors (Lipinski definition) is 1. The van der Waals surface area contributed by atoms with E-state index in [2.05, 4.69) is 69.8 Å². The maximum atomic E-state index is 4.18. The van der Waals surface area contributed by atoms with Crippen LogP contribution in [0.4, 0.5) is 0 Å². The summed E-state index contributed by atoms with van der Waals surface area (Å²) in [5.41, 5.74) is 2.90. The Balaban J connectivity index is 2.84. The second-order valence-electron chi connectivity index (χ2n) is 4.79. The van der Waals surface area contributed by atoms with E-state index >= 15 is 0 Å². The van der Waals surface area contributed by atoms with E-state index in [0.29, 0.717) is 0 Å². The van der Waals surface area contributed by atoms with E-state index in [4.69, 9.17) is 0 Å². The van der Waals surface area contributed by atoms with Crippen molar-refractivity contribution in [3.05, 3.63) is 41.5 Å². The largest absolute Gasteiger partial charge is 0.179 e. The number of rotatable bonds is 3. The Hall–Kier alpha value is -0.690. The first-order valence-corrected chi connectivity index (χ1v) is 6.05. The van der Waals surface area contributed by atoms with Crippen LogP contribution in [0, 0.1) is 0 Å². The summed E-state index contributed by atoms with van der Waals surface area (Å²) in [4.78, 5) is 0. The molecule has 0 aliphatic heterocycles. The van der Waals surface area contributed by atoms with Gasteiger partial charge in [0.05, 0.1) is 0 Å². The Labute approximate surface area is 98.8 Å². The van der Waals surface area contributed by atoms with E-state index in [-0.39, 0.29) is 5.41 Å². The Morgan fingerprint density at radius 1 is 1.27 bits per heavy atom. The first-order chi connectivity index (χ1) is 7.04. The number of allylic oxidation sites excluding steroid dienone is 1. The molecule has 0 aliphatic carbocycles. The highest BCUT2D eigenvalue weighted by molar-refractivity contribution is 7.80. The fourth-order valence-corrected chi connectivity index (χ4v) is 1.55. The smallest absolute Gasteiger partial charge is 0.00632 e. The summed E-state index contributed by atoms with van der Waals surface area (Å²) in [6.45, 7) is 6.72. The highest BCUT2D eigenvalue weighted by atomic mass is 32.1. The highest BCUT2D eigenvalue weighted by Gasteiger charge is 2.12. The zero-order valence-electron chi connectivity index (χ0n) is 9.83. The molecule has 1 aromatic rings. The molecule has 1 aromatic carbocycles. The van der Waals surface area contributed by atoms with Crippen LogP contribution in [0.1, 0.15) is 38.3 Å². The zero-order valence-corrected chi connectivity index (χ0v) is 10.7. The molecular weight excluding hydrogens is 200 g/mol. The van der Waals surface area contributed by atoms with Crippen LogP contribution in [0.3, 0.4) is 0 Å². The van der Waals surface area contributed by atoms with Crippen LogP contribution >= 0.6 is 12.6 Å². The van der Waals surface area contributed by atoms with Gasteiger partial charge in [-0.15, -0.1) is 0 Å². The van der Waals surface area contributed by atoms with E-state index in [0.717, 1.165) is 12.2 Å². The van der Waals surface area contributed by atoms with Gasteiger partial charge in [0, 0.05) is 0 Å². The van der Waals surface area contributed by atoms with E-state index in [1.54, 1.807) is 0 Å². The molecule has 0 amide bonds. The molecule has 82 valence electrons. The third-order valence-corrected chi connectivity index (χ3v) is 2.62. The standard InChI is InChI=1S/C14H20S/c1-14(2,3)13-9-6-8-12(11-13)7-4-5-10-15/h4,6-9,11,15H,5,10H2,1-3H3. The molecule has 0 spiro atoms. The minimum absolute atomic E-state index is 0.230. The van der Waals surface area contributed by atoms with E-state index in [1.807, 2.05) is 0 Å². The maximum Gasteiger partial charge on any atom is -0.00632 e. The van der Waals surface area contributed by atoms with Crippen molar-refractivity contribution in [3.8, 4) is 0 Å². The molecule has 0 unspecified atom stereocenters. The summed E-state index contributed by atoms with van der Waals surface area (Å²) in [6.07, 6.45) is 5.38. The minimum Gasteiger partial charge on any atom is -0.179 e. The lowest BCUT2D eigenvalue weighted by Crippen LogP contribution is -2.10. The van der Waals surface area contributed by atoms with E-state index < -0.39 is 0 Å². The van der Waals surface area contributed by atoms with Crippen molar-refractivity contribution in [3.63, 3.8) is 0 Å². The predicted octanol–water partition coefficient (Wildman–Crippen LogP) is 4.32. The minimum atomic E-state index is 0.230. The lowest BCUT2D eigenvalue weighted by Gasteiger charge is -2.19. The van der Waals surface area contributed by atoms with Gasteiger partial charge in [-0.05, 0) is 28.7 Å². The molecule has 0 heterocycles. The molecule has 0 saturated heterocycles. The predicted molar refractivity (Wildman–Crippen MR) is 72.6 cm³/mol. The van der Waals surface area contributed by atoms with Crippen LogP contribution in [0.15, 0.2) is 30.3 Å². The molecule has 0 atom stereocenters. The molecule has 1 rings (SSSR count). The van der Waals surface area contributed by atoms with Crippen molar-refractivity contribution in [1.82, 2.24) is 0 Å². The first kappa shape index (κ1) is 12.4. The normalized spacial score (nSPS) is 12.3. The highest BCUT2D eigenvalue weighted by Crippen LogP contribution is 2.23. The summed E-state index contributed by atoms with van der Waals surface area (Å²) >= 11 is 4.18. The number of benzene rings is 1. The van der Waals surface area contributed by atoms with Gasteiger partial charge in [0.2, 0.25) is 0 Å². The van der Waals surface area contributed by atoms with Gasteiger partial charge < -0.3 is 0 Å². The van der Waals surface area contributed by atoms with E-state index in [1.165, 1.54) is 11.1 Å². The summed E-state index contributed by atoms with van der Waals surface area (Å²) in [5.74, 6) is 0.912. The van der Waals surface area contributed by atoms with Gasteiger partial charge in [-0.2, -0.15) is 12.6 Å². The molecule has 0 aliphatic rings. The summed E-state index contributed by atoms with van der Waals surface area (Å²) in [5, 5.41) is 0. The maximum absolute atomic E-state index is 4.18. The summed E-state index contributed by atoms with van der Waals surface area (Å²) in [7, 11) is 0. The van der Waals surface area contributed by atoms with Crippen LogP contribution in [0.5, 0.6) is 0 Å². The van der Waals surface area contributed by atoms with Crippen LogP contribution in [0.2, 0.25) is 0 Å². The van der Waals surface area contributed by atoms with Gasteiger partial charge in [-0.3, -0.25) is 0 Å². The Kier molecular flexibility index (Phi) is 4.46. The van der Waals surface area contributed by atoms with Gasteiger partial charge in [-0.25, -0.2) is 0 Å². The van der Waals surface area contributed by atoms with Gasteiger partial charge in [-0.1, -0.05) is 57.2 Å². The number of thiol groups is 1. The molecule has 0 fully saturated rings. The second kappa shape index (κ2) is 5.41. The molecule has 15 heavy (non-hydrogen) atoms. The van der Waals surface area contributed by atoms with Crippen molar-refractivity contribution in [2.24, 2.45) is 0 Å². The van der Waals surface area contributed by atoms with Crippen molar-refractivity contribution in [2.75, 3.05) is 5.75 Å². The average Bonchev–Trinajstić information content (AvgIpc) is 2.17. The SMILES string of the molecule is CC(C)(C)c1cccc(C=CCCS)c1. The quantitative estimate of drug-likeness (QED) is 0.721. The van der Waals surface area contributed by atoms with Crippen molar-refractivity contribution in [2.45, 2.75) is 32.6 Å². The molecule has 0 nitrogen and oxygen atoms in total. The van der Waals surface area contributed by atoms with Crippen molar-refractivity contribution in [1.29, 1.82) is 0 Å². The topological polar surface area (TPSA) is 0 Å². The van der Waals surface area contributed by atoms with Gasteiger partial charge >= 0.3 is 0 Å². The fraction of sp³-hybridized carbons (Fsp3) is 0.429. The van der Waals surface area contributed by atoms with E-state index in [9.17, 15) is 0 Å². The first-order valence-electron chi connectivity index (χ1n) is 5.42. The third-order valence-electron chi connectivity index (χ3n) is 2.36. The summed E-state index contributed by atoms with van der Waals surface area (Å²) in [6, 6.07) is 8.72. The van der Waals surface area contributed by atoms with Crippen LogP contribution in [0.25, 0.3) is 6.08 Å². The van der Waals surface area contributed by atoms with Crippen molar-refractivity contribution >= 4 is 18.7 Å². The van der Waals surface area contributed by atoms with Crippen LogP contribution in [-0.2, 0) is 5.41 Å². The van der Waals surface area contributed by atoms with Crippen LogP contribution < -0.4 is 0 Å². The monoisotopic (exact) mass is 220 g/mol. The van der Waals surface area contributed by atoms with Crippen molar-refractivity contribution < 1.29 is 0 Å². The molecule has 0 bridgehead atoms. The zero-order chi connectivity index (χ0) is 11.3. The third kappa shape index (κ3) is 4.13. The van der Waals surface area contributed by atoms with Crippen LogP contribution in [-0.4, -0.2) is 5.75 Å². The fourth-order valence-electron chi connectivity index (χ4n) is 1.40. The lowest BCUT2D eigenvalue weighted by atomic mass is 9.86. The molecule has 1 heteroatoms. The van der Waals surface area contributed by atoms with Gasteiger partial charge in [0.15, 0.2) is 0 Å². The Morgan fingerprint density at radius 2 is 2.00 bits per heavy atom. The Bertz CT molecular complexity index is 331. The number of hydrogen-bond acceptors (Lipinski definition) is 1. The molecular formula is C14H20S. The Morgan fingerprint density at radius 3 is 2.60 bits per heavy atom. The second-order valence-corrected chi connectivity index (χ2v) is 5.24. The molecule has 0 aromatic heterocycles. The molecule has 0 radical (unpaired) electrons. The van der Waals surface area contributed by atoms with Gasteiger partial charge in [0.25, 0.3) is 0 Å². The lowest BCUT2D eigenvalue weighted by molar-refractivity contribution is 0.590.